The van der Waals surface area contributed by atoms with Crippen LogP contribution in [0.3, 0.4) is 0 Å². The largest absolute Gasteiger partial charge is 0.358 e. The number of hydrogen-bond acceptors (Lipinski definition) is 4. The van der Waals surface area contributed by atoms with Gasteiger partial charge in [-0.2, -0.15) is 0 Å². The molecule has 0 radical (unpaired) electrons. The Morgan fingerprint density at radius 1 is 1.21 bits per heavy atom. The Morgan fingerprint density at radius 2 is 2.00 bits per heavy atom. The molecule has 2 fully saturated rings. The number of carbonyl (C=O) groups excluding carboxylic acids is 3. The molecule has 1 aromatic carbocycles. The lowest BCUT2D eigenvalue weighted by Crippen LogP contribution is -2.54. The third kappa shape index (κ3) is 3.55. The lowest BCUT2D eigenvalue weighted by atomic mass is 10.1. The van der Waals surface area contributed by atoms with E-state index in [1.165, 1.54) is 0 Å². The number of nitrogens with zero attached hydrogens (tertiary/aromatic N) is 2. The minimum absolute atomic E-state index is 0.136. The Labute approximate surface area is 170 Å². The number of para-hydroxylation sites is 1. The van der Waals surface area contributed by atoms with Crippen LogP contribution in [0.1, 0.15) is 44.3 Å². The van der Waals surface area contributed by atoms with E-state index in [2.05, 4.69) is 5.32 Å². The van der Waals surface area contributed by atoms with Crippen molar-refractivity contribution in [3.8, 4) is 0 Å². The molecule has 2 amide bonds. The molecule has 29 heavy (non-hydrogen) atoms. The van der Waals surface area contributed by atoms with Crippen LogP contribution in [0, 0.1) is 5.92 Å². The molecule has 0 saturated carbocycles. The summed E-state index contributed by atoms with van der Waals surface area (Å²) in [5.41, 5.74) is 0.825. The summed E-state index contributed by atoms with van der Waals surface area (Å²) >= 11 is 0. The molecule has 2 saturated heterocycles. The highest BCUT2D eigenvalue weighted by Gasteiger charge is 2.46. The van der Waals surface area contributed by atoms with E-state index in [0.717, 1.165) is 10.9 Å². The van der Waals surface area contributed by atoms with Crippen molar-refractivity contribution in [1.29, 1.82) is 0 Å². The van der Waals surface area contributed by atoms with Crippen molar-refractivity contribution < 1.29 is 19.1 Å². The second-order valence-electron chi connectivity index (χ2n) is 7.91. The van der Waals surface area contributed by atoms with Crippen molar-refractivity contribution in [2.45, 2.75) is 57.8 Å². The summed E-state index contributed by atoms with van der Waals surface area (Å²) < 4.78 is 7.49. The fourth-order valence-corrected chi connectivity index (χ4v) is 4.18. The SMILES string of the molecule is CC[C@@H](C)C(=O)N[C@H]1CCO[C@H]2CC[C@@H](C(=O)n3ccc4ccccc43)N2C1=O. The Kier molecular flexibility index (Phi) is 5.41. The molecule has 7 nitrogen and oxygen atoms in total. The third-order valence-corrected chi connectivity index (χ3v) is 6.10. The summed E-state index contributed by atoms with van der Waals surface area (Å²) in [6.45, 7) is 4.16. The Morgan fingerprint density at radius 3 is 2.79 bits per heavy atom. The zero-order chi connectivity index (χ0) is 20.5. The van der Waals surface area contributed by atoms with Crippen LogP contribution in [0.5, 0.6) is 0 Å². The second-order valence-corrected chi connectivity index (χ2v) is 7.91. The predicted molar refractivity (Wildman–Crippen MR) is 108 cm³/mol. The molecule has 4 atom stereocenters. The highest BCUT2D eigenvalue weighted by molar-refractivity contribution is 5.98. The zero-order valence-electron chi connectivity index (χ0n) is 16.8. The van der Waals surface area contributed by atoms with E-state index in [9.17, 15) is 14.4 Å². The molecule has 1 aromatic heterocycles. The normalized spacial score (nSPS) is 25.5. The van der Waals surface area contributed by atoms with Gasteiger partial charge in [0, 0.05) is 23.9 Å². The first kappa shape index (κ1) is 19.6. The predicted octanol–water partition coefficient (Wildman–Crippen LogP) is 2.55. The van der Waals surface area contributed by atoms with Gasteiger partial charge in [0.25, 0.3) is 5.91 Å². The number of amides is 2. The first-order chi connectivity index (χ1) is 14.0. The highest BCUT2D eigenvalue weighted by Crippen LogP contribution is 2.30. The van der Waals surface area contributed by atoms with Crippen LogP contribution in [-0.4, -0.2) is 52.1 Å². The number of hydrogen-bond donors (Lipinski definition) is 1. The monoisotopic (exact) mass is 397 g/mol. The highest BCUT2D eigenvalue weighted by atomic mass is 16.5. The summed E-state index contributed by atoms with van der Waals surface area (Å²) in [7, 11) is 0. The van der Waals surface area contributed by atoms with Gasteiger partial charge in [0.15, 0.2) is 0 Å². The van der Waals surface area contributed by atoms with Gasteiger partial charge in [-0.25, -0.2) is 0 Å². The van der Waals surface area contributed by atoms with Gasteiger partial charge in [0.1, 0.15) is 18.3 Å². The first-order valence-corrected chi connectivity index (χ1v) is 10.4. The molecule has 0 bridgehead atoms. The van der Waals surface area contributed by atoms with Gasteiger partial charge >= 0.3 is 0 Å². The molecule has 4 rings (SSSR count). The maximum Gasteiger partial charge on any atom is 0.253 e. The Hall–Kier alpha value is -2.67. The van der Waals surface area contributed by atoms with Crippen LogP contribution in [0.15, 0.2) is 36.5 Å². The number of nitrogens with one attached hydrogen (secondary N) is 1. The average molecular weight is 397 g/mol. The van der Waals surface area contributed by atoms with Crippen molar-refractivity contribution in [2.24, 2.45) is 5.92 Å². The third-order valence-electron chi connectivity index (χ3n) is 6.10. The molecule has 2 aromatic rings. The molecule has 0 unspecified atom stereocenters. The molecule has 0 spiro atoms. The molecule has 3 heterocycles. The summed E-state index contributed by atoms with van der Waals surface area (Å²) in [6, 6.07) is 8.33. The molecular weight excluding hydrogens is 370 g/mol. The Balaban J connectivity index is 1.58. The van der Waals surface area contributed by atoms with Gasteiger partial charge in [-0.1, -0.05) is 32.0 Å². The summed E-state index contributed by atoms with van der Waals surface area (Å²) in [6.07, 6.45) is 3.63. The number of carbonyl (C=O) groups is 3. The van der Waals surface area contributed by atoms with E-state index in [4.69, 9.17) is 4.74 Å². The standard InChI is InChI=1S/C22H27N3O4/c1-3-14(2)20(26)23-16-11-13-29-19-9-8-18(25(19)21(16)27)22(28)24-12-10-15-6-4-5-7-17(15)24/h4-7,10,12,14,16,18-19H,3,8-9,11,13H2,1-2H3,(H,23,26)/t14-,16+,18+,19+/m1/s1. The lowest BCUT2D eigenvalue weighted by Gasteiger charge is -2.30. The van der Waals surface area contributed by atoms with Crippen LogP contribution < -0.4 is 5.32 Å². The smallest absolute Gasteiger partial charge is 0.253 e. The van der Waals surface area contributed by atoms with Gasteiger partial charge in [0.05, 0.1) is 12.1 Å². The topological polar surface area (TPSA) is 80.6 Å². The van der Waals surface area contributed by atoms with E-state index in [-0.39, 0.29) is 23.6 Å². The van der Waals surface area contributed by atoms with Crippen LogP contribution in [0.25, 0.3) is 10.9 Å². The fraction of sp³-hybridized carbons (Fsp3) is 0.500. The summed E-state index contributed by atoms with van der Waals surface area (Å²) in [5.74, 6) is -0.663. The van der Waals surface area contributed by atoms with E-state index in [0.29, 0.717) is 32.3 Å². The molecule has 2 aliphatic heterocycles. The van der Waals surface area contributed by atoms with E-state index in [1.807, 2.05) is 44.2 Å². The zero-order valence-corrected chi connectivity index (χ0v) is 16.8. The molecule has 0 aliphatic carbocycles. The van der Waals surface area contributed by atoms with Crippen molar-refractivity contribution in [1.82, 2.24) is 14.8 Å². The van der Waals surface area contributed by atoms with Crippen LogP contribution in [0.4, 0.5) is 0 Å². The summed E-state index contributed by atoms with van der Waals surface area (Å²) in [4.78, 5) is 40.5. The first-order valence-electron chi connectivity index (χ1n) is 10.4. The van der Waals surface area contributed by atoms with Crippen molar-refractivity contribution in [2.75, 3.05) is 6.61 Å². The van der Waals surface area contributed by atoms with E-state index < -0.39 is 18.3 Å². The van der Waals surface area contributed by atoms with E-state index >= 15 is 0 Å². The molecule has 2 aliphatic rings. The minimum Gasteiger partial charge on any atom is -0.358 e. The van der Waals surface area contributed by atoms with Crippen LogP contribution >= 0.6 is 0 Å². The van der Waals surface area contributed by atoms with Gasteiger partial charge in [-0.05, 0) is 31.4 Å². The Bertz CT molecular complexity index is 937. The average Bonchev–Trinajstić information content (AvgIpc) is 3.32. The summed E-state index contributed by atoms with van der Waals surface area (Å²) in [5, 5.41) is 3.85. The number of rotatable bonds is 4. The maximum atomic E-state index is 13.3. The fourth-order valence-electron chi connectivity index (χ4n) is 4.18. The quantitative estimate of drug-likeness (QED) is 0.860. The van der Waals surface area contributed by atoms with Gasteiger partial charge in [0.2, 0.25) is 11.8 Å². The minimum atomic E-state index is -0.656. The van der Waals surface area contributed by atoms with Gasteiger partial charge in [-0.3, -0.25) is 19.0 Å². The number of aromatic nitrogens is 1. The molecular formula is C22H27N3O4. The van der Waals surface area contributed by atoms with E-state index in [1.54, 1.807) is 15.7 Å². The van der Waals surface area contributed by atoms with Crippen LogP contribution in [-0.2, 0) is 14.3 Å². The number of benzene rings is 1. The van der Waals surface area contributed by atoms with Crippen LogP contribution in [0.2, 0.25) is 0 Å². The van der Waals surface area contributed by atoms with Crippen molar-refractivity contribution in [3.05, 3.63) is 36.5 Å². The molecule has 7 heteroatoms. The van der Waals surface area contributed by atoms with Crippen molar-refractivity contribution in [3.63, 3.8) is 0 Å². The maximum absolute atomic E-state index is 13.3. The number of fused-ring (bicyclic) bond motifs is 2. The lowest BCUT2D eigenvalue weighted by molar-refractivity contribution is -0.143. The molecule has 1 N–H and O–H groups in total. The molecule has 154 valence electrons. The second kappa shape index (κ2) is 7.99. The number of ether oxygens (including phenoxy) is 1. The van der Waals surface area contributed by atoms with Gasteiger partial charge < -0.3 is 15.0 Å². The van der Waals surface area contributed by atoms with Gasteiger partial charge in [-0.15, -0.1) is 0 Å². The van der Waals surface area contributed by atoms with Crippen molar-refractivity contribution >= 4 is 28.6 Å².